The number of benzene rings is 3. The maximum Gasteiger partial charge on any atom is 0.387 e. The van der Waals surface area contributed by atoms with Gasteiger partial charge in [0.1, 0.15) is 11.4 Å². The van der Waals surface area contributed by atoms with E-state index in [9.17, 15) is 26.7 Å². The summed E-state index contributed by atoms with van der Waals surface area (Å²) in [5, 5.41) is 0. The average molecular weight is 509 g/mol. The fourth-order valence-electron chi connectivity index (χ4n) is 3.29. The van der Waals surface area contributed by atoms with Gasteiger partial charge >= 0.3 is 19.2 Å². The van der Waals surface area contributed by atoms with Crippen LogP contribution >= 0.6 is 0 Å². The van der Waals surface area contributed by atoms with E-state index >= 15 is 0 Å². The van der Waals surface area contributed by atoms with Gasteiger partial charge in [0.15, 0.2) is 11.5 Å². The third-order valence-corrected chi connectivity index (χ3v) is 4.72. The van der Waals surface area contributed by atoms with E-state index in [1.807, 2.05) is 0 Å². The second kappa shape index (κ2) is 11.3. The van der Waals surface area contributed by atoms with Gasteiger partial charge in [0.2, 0.25) is 0 Å². The number of halogens is 5. The Labute approximate surface area is 205 Å². The first kappa shape index (κ1) is 26.8. The number of ether oxygens (including phenoxy) is 3. The van der Waals surface area contributed by atoms with E-state index in [0.717, 1.165) is 12.1 Å². The number of nitrogens with zero attached hydrogens (tertiary/aromatic N) is 1. The lowest BCUT2D eigenvalue weighted by atomic mass is 10.1. The molecule has 5 nitrogen and oxygen atoms in total. The van der Waals surface area contributed by atoms with Gasteiger partial charge in [-0.05, 0) is 68.8 Å². The van der Waals surface area contributed by atoms with Crippen molar-refractivity contribution in [2.24, 2.45) is 0 Å². The second-order valence-electron chi connectivity index (χ2n) is 8.65. The fourth-order valence-corrected chi connectivity index (χ4v) is 3.29. The summed E-state index contributed by atoms with van der Waals surface area (Å²) >= 11 is 0. The molecule has 0 aliphatic carbocycles. The van der Waals surface area contributed by atoms with Crippen molar-refractivity contribution in [2.75, 3.05) is 4.90 Å². The van der Waals surface area contributed by atoms with Gasteiger partial charge < -0.3 is 19.1 Å². The molecule has 0 bridgehead atoms. The molecule has 192 valence electrons. The van der Waals surface area contributed by atoms with Gasteiger partial charge in [-0.25, -0.2) is 9.18 Å². The van der Waals surface area contributed by atoms with Gasteiger partial charge in [-0.15, -0.1) is 0 Å². The van der Waals surface area contributed by atoms with Crippen LogP contribution in [0.1, 0.15) is 36.7 Å². The summed E-state index contributed by atoms with van der Waals surface area (Å²) in [4.78, 5) is 14.2. The number of rotatable bonds is 9. The molecule has 0 aliphatic rings. The molecule has 0 radical (unpaired) electrons. The molecule has 3 rings (SSSR count). The number of esters is 1. The Morgan fingerprint density at radius 3 is 2.06 bits per heavy atom. The molecule has 0 aromatic heterocycles. The molecule has 0 aliphatic heterocycles. The van der Waals surface area contributed by atoms with Crippen LogP contribution in [0.3, 0.4) is 0 Å². The number of hydrogen-bond acceptors (Lipinski definition) is 5. The number of hydrogen-bond donors (Lipinski definition) is 0. The van der Waals surface area contributed by atoms with Crippen LogP contribution in [0.15, 0.2) is 66.7 Å². The summed E-state index contributed by atoms with van der Waals surface area (Å²) in [6.45, 7) is -1.26. The number of anilines is 2. The summed E-state index contributed by atoms with van der Waals surface area (Å²) in [6, 6.07) is 15.5. The molecule has 0 amide bonds. The lowest BCUT2D eigenvalue weighted by molar-refractivity contribution is -0.0692. The van der Waals surface area contributed by atoms with Gasteiger partial charge in [0.25, 0.3) is 0 Å². The van der Waals surface area contributed by atoms with Crippen LogP contribution in [0.2, 0.25) is 0 Å². The summed E-state index contributed by atoms with van der Waals surface area (Å²) in [5.74, 6) is -2.19. The van der Waals surface area contributed by atoms with E-state index in [2.05, 4.69) is 9.47 Å². The van der Waals surface area contributed by atoms with Crippen molar-refractivity contribution >= 4 is 17.3 Å². The van der Waals surface area contributed by atoms with E-state index in [-0.39, 0.29) is 17.8 Å². The van der Waals surface area contributed by atoms with Crippen molar-refractivity contribution in [1.29, 1.82) is 0 Å². The molecule has 3 aromatic rings. The molecule has 0 unspecified atom stereocenters. The highest BCUT2D eigenvalue weighted by atomic mass is 19.3. The zero-order valence-electron chi connectivity index (χ0n) is 19.7. The SMILES string of the molecule is CC(C)(C)OC(=O)c1cccc(N(Cc2ccc(F)cc2)c2ccc(OC(F)F)c(OC(F)F)c2)c1. The number of carbonyl (C=O) groups is 1. The number of alkyl halides is 4. The maximum atomic E-state index is 13.4. The Balaban J connectivity index is 2.07. The topological polar surface area (TPSA) is 48.0 Å². The van der Waals surface area contributed by atoms with Crippen molar-refractivity contribution < 1.29 is 41.0 Å². The zero-order valence-corrected chi connectivity index (χ0v) is 19.7. The molecule has 0 fully saturated rings. The Morgan fingerprint density at radius 2 is 1.44 bits per heavy atom. The Kier molecular flexibility index (Phi) is 8.39. The molecular weight excluding hydrogens is 485 g/mol. The minimum Gasteiger partial charge on any atom is -0.456 e. The van der Waals surface area contributed by atoms with Gasteiger partial charge in [0.05, 0.1) is 5.56 Å². The Morgan fingerprint density at radius 1 is 0.833 bits per heavy atom. The van der Waals surface area contributed by atoms with Gasteiger partial charge in [0, 0.05) is 24.0 Å². The van der Waals surface area contributed by atoms with Crippen LogP contribution in [0, 0.1) is 5.82 Å². The fraction of sp³-hybridized carbons (Fsp3) is 0.269. The Bertz CT molecular complexity index is 1180. The van der Waals surface area contributed by atoms with E-state index in [1.54, 1.807) is 43.9 Å². The van der Waals surface area contributed by atoms with Crippen LogP contribution < -0.4 is 14.4 Å². The van der Waals surface area contributed by atoms with Crippen molar-refractivity contribution in [3.63, 3.8) is 0 Å². The third kappa shape index (κ3) is 7.59. The summed E-state index contributed by atoms with van der Waals surface area (Å²) in [7, 11) is 0. The minimum absolute atomic E-state index is 0.112. The predicted molar refractivity (Wildman–Crippen MR) is 124 cm³/mol. The van der Waals surface area contributed by atoms with E-state index < -0.39 is 42.1 Å². The second-order valence-corrected chi connectivity index (χ2v) is 8.65. The quantitative estimate of drug-likeness (QED) is 0.223. The van der Waals surface area contributed by atoms with Crippen LogP contribution in [-0.2, 0) is 11.3 Å². The normalized spacial score (nSPS) is 11.5. The lowest BCUT2D eigenvalue weighted by Gasteiger charge is -2.27. The van der Waals surface area contributed by atoms with Gasteiger partial charge in [-0.3, -0.25) is 0 Å². The molecule has 0 spiro atoms. The molecule has 0 heterocycles. The highest BCUT2D eigenvalue weighted by molar-refractivity contribution is 5.91. The average Bonchev–Trinajstić information content (AvgIpc) is 2.78. The molecule has 0 N–H and O–H groups in total. The molecule has 3 aromatic carbocycles. The zero-order chi connectivity index (χ0) is 26.5. The lowest BCUT2D eigenvalue weighted by Crippen LogP contribution is -2.24. The van der Waals surface area contributed by atoms with Crippen LogP contribution in [0.4, 0.5) is 33.3 Å². The molecule has 0 atom stereocenters. The smallest absolute Gasteiger partial charge is 0.387 e. The minimum atomic E-state index is -3.29. The van der Waals surface area contributed by atoms with Gasteiger partial charge in [-0.1, -0.05) is 18.2 Å². The maximum absolute atomic E-state index is 13.4. The Hall–Kier alpha value is -3.82. The highest BCUT2D eigenvalue weighted by Crippen LogP contribution is 2.37. The van der Waals surface area contributed by atoms with Crippen molar-refractivity contribution in [3.8, 4) is 11.5 Å². The van der Waals surface area contributed by atoms with Crippen LogP contribution in [0.25, 0.3) is 0 Å². The van der Waals surface area contributed by atoms with Crippen LogP contribution in [0.5, 0.6) is 11.5 Å². The molecular formula is C26H24F5NO4. The van der Waals surface area contributed by atoms with E-state index in [1.165, 1.54) is 36.4 Å². The third-order valence-electron chi connectivity index (χ3n) is 4.72. The van der Waals surface area contributed by atoms with E-state index in [4.69, 9.17) is 4.74 Å². The number of carbonyl (C=O) groups excluding carboxylic acids is 1. The molecule has 10 heteroatoms. The summed E-state index contributed by atoms with van der Waals surface area (Å²) < 4.78 is 79.1. The van der Waals surface area contributed by atoms with Gasteiger partial charge in [-0.2, -0.15) is 17.6 Å². The molecule has 0 saturated carbocycles. The van der Waals surface area contributed by atoms with Crippen molar-refractivity contribution in [3.05, 3.63) is 83.7 Å². The largest absolute Gasteiger partial charge is 0.456 e. The first-order chi connectivity index (χ1) is 16.9. The summed E-state index contributed by atoms with van der Waals surface area (Å²) in [5.41, 5.74) is 0.853. The predicted octanol–water partition coefficient (Wildman–Crippen LogP) is 7.32. The highest BCUT2D eigenvalue weighted by Gasteiger charge is 2.21. The van der Waals surface area contributed by atoms with Crippen LogP contribution in [-0.4, -0.2) is 24.8 Å². The van der Waals surface area contributed by atoms with E-state index in [0.29, 0.717) is 11.3 Å². The monoisotopic (exact) mass is 509 g/mol. The van der Waals surface area contributed by atoms with Crippen molar-refractivity contribution in [2.45, 2.75) is 46.1 Å². The first-order valence-electron chi connectivity index (χ1n) is 10.8. The standard InChI is InChI=1S/C26H24F5NO4/c1-26(2,3)36-23(33)17-5-4-6-19(13-17)32(15-16-7-9-18(27)10-8-16)20-11-12-21(34-24(28)29)22(14-20)35-25(30)31/h4-14,24-25H,15H2,1-3H3. The van der Waals surface area contributed by atoms with Crippen molar-refractivity contribution in [1.82, 2.24) is 0 Å². The summed E-state index contributed by atoms with van der Waals surface area (Å²) in [6.07, 6.45) is 0. The molecule has 36 heavy (non-hydrogen) atoms. The first-order valence-corrected chi connectivity index (χ1v) is 10.8. The molecule has 0 saturated heterocycles.